The van der Waals surface area contributed by atoms with E-state index in [1.807, 2.05) is 90.1 Å². The number of anilines is 1. The highest BCUT2D eigenvalue weighted by molar-refractivity contribution is 5.94. The van der Waals surface area contributed by atoms with Gasteiger partial charge in [0, 0.05) is 44.1 Å². The number of pyridine rings is 1. The SMILES string of the molecule is CCOc1ccccc1N1CCN(C(=O)c2ccc(OCc3cn4cccc(C)c4n3)cc2)CC1. The maximum Gasteiger partial charge on any atom is 0.253 e. The lowest BCUT2D eigenvalue weighted by Crippen LogP contribution is -2.48. The summed E-state index contributed by atoms with van der Waals surface area (Å²) in [5.74, 6) is 1.65. The smallest absolute Gasteiger partial charge is 0.253 e. The van der Waals surface area contributed by atoms with Crippen LogP contribution in [0.3, 0.4) is 0 Å². The van der Waals surface area contributed by atoms with Gasteiger partial charge in [-0.3, -0.25) is 4.79 Å². The second-order valence-corrected chi connectivity index (χ2v) is 8.65. The van der Waals surface area contributed by atoms with Crippen molar-refractivity contribution in [1.29, 1.82) is 0 Å². The zero-order chi connectivity index (χ0) is 24.2. The number of aryl methyl sites for hydroxylation is 1. The number of fused-ring (bicyclic) bond motifs is 1. The lowest BCUT2D eigenvalue weighted by atomic mass is 10.1. The molecule has 7 nitrogen and oxygen atoms in total. The molecule has 1 saturated heterocycles. The summed E-state index contributed by atoms with van der Waals surface area (Å²) in [6.07, 6.45) is 3.96. The number of hydrogen-bond acceptors (Lipinski definition) is 5. The maximum absolute atomic E-state index is 13.1. The zero-order valence-corrected chi connectivity index (χ0v) is 20.2. The zero-order valence-electron chi connectivity index (χ0n) is 20.2. The van der Waals surface area contributed by atoms with Crippen molar-refractivity contribution in [3.63, 3.8) is 0 Å². The average molecular weight is 471 g/mol. The van der Waals surface area contributed by atoms with E-state index in [9.17, 15) is 4.79 Å². The molecule has 0 saturated carbocycles. The number of piperazine rings is 1. The van der Waals surface area contributed by atoms with E-state index in [-0.39, 0.29) is 5.91 Å². The number of para-hydroxylation sites is 2. The summed E-state index contributed by atoms with van der Waals surface area (Å²) in [7, 11) is 0. The van der Waals surface area contributed by atoms with Gasteiger partial charge in [-0.05, 0) is 61.9 Å². The summed E-state index contributed by atoms with van der Waals surface area (Å²) in [6, 6.07) is 19.5. The summed E-state index contributed by atoms with van der Waals surface area (Å²) in [5.41, 5.74) is 4.69. The number of hydrogen-bond donors (Lipinski definition) is 0. The van der Waals surface area contributed by atoms with Crippen LogP contribution in [0, 0.1) is 6.92 Å². The van der Waals surface area contributed by atoms with Gasteiger partial charge in [0.15, 0.2) is 0 Å². The van der Waals surface area contributed by atoms with Crippen molar-refractivity contribution in [3.8, 4) is 11.5 Å². The molecule has 0 radical (unpaired) electrons. The summed E-state index contributed by atoms with van der Waals surface area (Å²) in [6.45, 7) is 7.93. The molecule has 0 aliphatic carbocycles. The fraction of sp³-hybridized carbons (Fsp3) is 0.286. The molecule has 0 N–H and O–H groups in total. The van der Waals surface area contributed by atoms with Gasteiger partial charge in [-0.2, -0.15) is 0 Å². The Morgan fingerprint density at radius 1 is 0.943 bits per heavy atom. The van der Waals surface area contributed by atoms with Crippen LogP contribution < -0.4 is 14.4 Å². The predicted molar refractivity (Wildman–Crippen MR) is 136 cm³/mol. The van der Waals surface area contributed by atoms with Crippen LogP contribution in [0.25, 0.3) is 5.65 Å². The van der Waals surface area contributed by atoms with Crippen LogP contribution in [0.2, 0.25) is 0 Å². The maximum atomic E-state index is 13.1. The first-order chi connectivity index (χ1) is 17.1. The first kappa shape index (κ1) is 22.8. The van der Waals surface area contributed by atoms with Crippen molar-refractivity contribution in [2.45, 2.75) is 20.5 Å². The Morgan fingerprint density at radius 2 is 1.71 bits per heavy atom. The average Bonchev–Trinajstić information content (AvgIpc) is 3.33. The van der Waals surface area contributed by atoms with E-state index in [4.69, 9.17) is 9.47 Å². The first-order valence-electron chi connectivity index (χ1n) is 12.0. The minimum absolute atomic E-state index is 0.0464. The molecule has 2 aromatic carbocycles. The summed E-state index contributed by atoms with van der Waals surface area (Å²) in [4.78, 5) is 21.9. The molecular weight excluding hydrogens is 440 g/mol. The van der Waals surface area contributed by atoms with Crippen molar-refractivity contribution in [1.82, 2.24) is 14.3 Å². The van der Waals surface area contributed by atoms with Crippen LogP contribution in [0.4, 0.5) is 5.69 Å². The number of nitrogens with zero attached hydrogens (tertiary/aromatic N) is 4. The number of carbonyl (C=O) groups is 1. The second kappa shape index (κ2) is 10.1. The molecule has 0 atom stereocenters. The molecule has 3 heterocycles. The summed E-state index contributed by atoms with van der Waals surface area (Å²) in [5, 5.41) is 0. The van der Waals surface area contributed by atoms with E-state index < -0.39 is 0 Å². The third kappa shape index (κ3) is 4.94. The van der Waals surface area contributed by atoms with Crippen LogP contribution in [0.5, 0.6) is 11.5 Å². The highest BCUT2D eigenvalue weighted by Gasteiger charge is 2.23. The quantitative estimate of drug-likeness (QED) is 0.396. The van der Waals surface area contributed by atoms with Crippen LogP contribution in [0.15, 0.2) is 73.1 Å². The molecule has 2 aromatic heterocycles. The van der Waals surface area contributed by atoms with Gasteiger partial charge in [0.25, 0.3) is 5.91 Å². The Hall–Kier alpha value is -4.00. The number of rotatable bonds is 7. The fourth-order valence-electron chi connectivity index (χ4n) is 4.45. The Bertz CT molecular complexity index is 1310. The number of amides is 1. The van der Waals surface area contributed by atoms with Crippen LogP contribution in [-0.4, -0.2) is 53.0 Å². The van der Waals surface area contributed by atoms with Gasteiger partial charge in [0.05, 0.1) is 18.0 Å². The van der Waals surface area contributed by atoms with Crippen LogP contribution in [0.1, 0.15) is 28.5 Å². The lowest BCUT2D eigenvalue weighted by Gasteiger charge is -2.36. The lowest BCUT2D eigenvalue weighted by molar-refractivity contribution is 0.0746. The minimum atomic E-state index is 0.0464. The van der Waals surface area contributed by atoms with E-state index >= 15 is 0 Å². The third-order valence-corrected chi connectivity index (χ3v) is 6.29. The number of ether oxygens (including phenoxy) is 2. The van der Waals surface area contributed by atoms with E-state index in [0.717, 1.165) is 41.4 Å². The predicted octanol–water partition coefficient (Wildman–Crippen LogP) is 4.58. The Balaban J connectivity index is 1.17. The number of aromatic nitrogens is 2. The molecule has 1 aliphatic rings. The number of imidazole rings is 1. The van der Waals surface area contributed by atoms with Crippen molar-refractivity contribution in [2.24, 2.45) is 0 Å². The van der Waals surface area contributed by atoms with Crippen LogP contribution >= 0.6 is 0 Å². The molecule has 0 bridgehead atoms. The molecule has 4 aromatic rings. The standard InChI is InChI=1S/C28H30N4O3/c1-3-34-26-9-5-4-8-25(26)30-15-17-31(18-16-30)28(33)22-10-12-24(13-11-22)35-20-23-19-32-14-6-7-21(2)27(32)29-23/h4-14,19H,3,15-18,20H2,1-2H3. The molecule has 7 heteroatoms. The first-order valence-corrected chi connectivity index (χ1v) is 12.0. The van der Waals surface area contributed by atoms with Crippen LogP contribution in [-0.2, 0) is 6.61 Å². The Kier molecular flexibility index (Phi) is 6.57. The topological polar surface area (TPSA) is 59.3 Å². The van der Waals surface area contributed by atoms with Crippen molar-refractivity contribution < 1.29 is 14.3 Å². The van der Waals surface area contributed by atoms with Gasteiger partial charge in [-0.1, -0.05) is 18.2 Å². The van der Waals surface area contributed by atoms with Gasteiger partial charge in [-0.15, -0.1) is 0 Å². The van der Waals surface area contributed by atoms with Crippen molar-refractivity contribution in [3.05, 3.63) is 89.9 Å². The number of carbonyl (C=O) groups excluding carboxylic acids is 1. The molecule has 1 aliphatic heterocycles. The molecule has 180 valence electrons. The largest absolute Gasteiger partial charge is 0.492 e. The molecular formula is C28H30N4O3. The molecule has 1 amide bonds. The summed E-state index contributed by atoms with van der Waals surface area (Å²) < 4.78 is 13.7. The molecule has 35 heavy (non-hydrogen) atoms. The van der Waals surface area contributed by atoms with Crippen molar-refractivity contribution in [2.75, 3.05) is 37.7 Å². The molecule has 0 spiro atoms. The van der Waals surface area contributed by atoms with Gasteiger partial charge < -0.3 is 23.7 Å². The highest BCUT2D eigenvalue weighted by atomic mass is 16.5. The molecule has 1 fully saturated rings. The number of benzene rings is 2. The fourth-order valence-corrected chi connectivity index (χ4v) is 4.45. The van der Waals surface area contributed by atoms with Gasteiger partial charge >= 0.3 is 0 Å². The van der Waals surface area contributed by atoms with E-state index in [1.165, 1.54) is 0 Å². The Morgan fingerprint density at radius 3 is 2.46 bits per heavy atom. The second-order valence-electron chi connectivity index (χ2n) is 8.65. The van der Waals surface area contributed by atoms with E-state index in [0.29, 0.717) is 37.6 Å². The minimum Gasteiger partial charge on any atom is -0.492 e. The van der Waals surface area contributed by atoms with Gasteiger partial charge in [-0.25, -0.2) is 4.98 Å². The molecule has 0 unspecified atom stereocenters. The summed E-state index contributed by atoms with van der Waals surface area (Å²) >= 11 is 0. The monoisotopic (exact) mass is 470 g/mol. The van der Waals surface area contributed by atoms with Gasteiger partial charge in [0.2, 0.25) is 0 Å². The van der Waals surface area contributed by atoms with Gasteiger partial charge in [0.1, 0.15) is 23.8 Å². The highest BCUT2D eigenvalue weighted by Crippen LogP contribution is 2.29. The van der Waals surface area contributed by atoms with Crippen molar-refractivity contribution >= 4 is 17.2 Å². The molecule has 5 rings (SSSR count). The Labute approximate surface area is 205 Å². The normalized spacial score (nSPS) is 13.8. The van der Waals surface area contributed by atoms with E-state index in [2.05, 4.69) is 16.0 Å². The third-order valence-electron chi connectivity index (χ3n) is 6.29. The van der Waals surface area contributed by atoms with E-state index in [1.54, 1.807) is 0 Å².